The fourth-order valence-corrected chi connectivity index (χ4v) is 1.80. The van der Waals surface area contributed by atoms with E-state index in [9.17, 15) is 14.4 Å². The van der Waals surface area contributed by atoms with Crippen LogP contribution < -0.4 is 16.4 Å². The SMILES string of the molecule is CN(CC(=O)NC(N)=O)CC(=O)Nc1ccc(Cl)c(Cl)c1. The Balaban J connectivity index is 2.47. The normalized spacial score (nSPS) is 10.3. The molecule has 0 saturated heterocycles. The van der Waals surface area contributed by atoms with Crippen LogP contribution in [0.4, 0.5) is 10.5 Å². The first-order valence-corrected chi connectivity index (χ1v) is 6.56. The van der Waals surface area contributed by atoms with Crippen molar-refractivity contribution in [1.82, 2.24) is 10.2 Å². The van der Waals surface area contributed by atoms with E-state index in [1.807, 2.05) is 5.32 Å². The van der Waals surface area contributed by atoms with Crippen LogP contribution in [-0.2, 0) is 9.59 Å². The minimum absolute atomic E-state index is 0.0492. The molecule has 21 heavy (non-hydrogen) atoms. The van der Waals surface area contributed by atoms with Gasteiger partial charge < -0.3 is 11.1 Å². The molecule has 0 aliphatic heterocycles. The van der Waals surface area contributed by atoms with Gasteiger partial charge in [-0.15, -0.1) is 0 Å². The van der Waals surface area contributed by atoms with Gasteiger partial charge in [0.25, 0.3) is 0 Å². The average molecular weight is 333 g/mol. The van der Waals surface area contributed by atoms with Gasteiger partial charge in [-0.2, -0.15) is 0 Å². The van der Waals surface area contributed by atoms with Gasteiger partial charge in [0.05, 0.1) is 23.1 Å². The number of nitrogens with zero attached hydrogens (tertiary/aromatic N) is 1. The number of nitrogens with two attached hydrogens (primary N) is 1. The van der Waals surface area contributed by atoms with Crippen LogP contribution >= 0.6 is 23.2 Å². The van der Waals surface area contributed by atoms with Crippen molar-refractivity contribution in [3.05, 3.63) is 28.2 Å². The summed E-state index contributed by atoms with van der Waals surface area (Å²) in [6.07, 6.45) is 0. The number of urea groups is 1. The second-order valence-electron chi connectivity index (χ2n) is 4.26. The number of halogens is 2. The summed E-state index contributed by atoms with van der Waals surface area (Å²) in [6, 6.07) is 3.74. The Morgan fingerprint density at radius 1 is 1.14 bits per heavy atom. The summed E-state index contributed by atoms with van der Waals surface area (Å²) >= 11 is 11.6. The second-order valence-corrected chi connectivity index (χ2v) is 5.08. The van der Waals surface area contributed by atoms with Crippen LogP contribution in [0.2, 0.25) is 10.0 Å². The van der Waals surface area contributed by atoms with E-state index in [1.165, 1.54) is 11.0 Å². The fourth-order valence-electron chi connectivity index (χ4n) is 1.50. The highest BCUT2D eigenvalue weighted by Crippen LogP contribution is 2.24. The third-order valence-electron chi connectivity index (χ3n) is 2.29. The van der Waals surface area contributed by atoms with Crippen molar-refractivity contribution in [2.45, 2.75) is 0 Å². The molecule has 0 aliphatic carbocycles. The molecule has 0 aromatic heterocycles. The van der Waals surface area contributed by atoms with Gasteiger partial charge in [0.2, 0.25) is 11.8 Å². The lowest BCUT2D eigenvalue weighted by molar-refractivity contribution is -0.122. The monoisotopic (exact) mass is 332 g/mol. The van der Waals surface area contributed by atoms with E-state index < -0.39 is 11.9 Å². The summed E-state index contributed by atoms with van der Waals surface area (Å²) in [7, 11) is 1.55. The zero-order valence-corrected chi connectivity index (χ0v) is 12.7. The van der Waals surface area contributed by atoms with Gasteiger partial charge in [0, 0.05) is 5.69 Å². The number of amides is 4. The largest absolute Gasteiger partial charge is 0.351 e. The van der Waals surface area contributed by atoms with Crippen LogP contribution in [-0.4, -0.2) is 42.9 Å². The van der Waals surface area contributed by atoms with Gasteiger partial charge in [-0.05, 0) is 25.2 Å². The molecule has 0 heterocycles. The van der Waals surface area contributed by atoms with Crippen molar-refractivity contribution in [3.8, 4) is 0 Å². The molecule has 114 valence electrons. The van der Waals surface area contributed by atoms with E-state index in [1.54, 1.807) is 19.2 Å². The van der Waals surface area contributed by atoms with E-state index >= 15 is 0 Å². The summed E-state index contributed by atoms with van der Waals surface area (Å²) in [4.78, 5) is 34.9. The summed E-state index contributed by atoms with van der Waals surface area (Å²) < 4.78 is 0. The molecule has 9 heteroatoms. The maximum atomic E-state index is 11.8. The minimum atomic E-state index is -0.936. The number of rotatable bonds is 5. The molecule has 0 unspecified atom stereocenters. The van der Waals surface area contributed by atoms with Crippen LogP contribution in [0.15, 0.2) is 18.2 Å². The van der Waals surface area contributed by atoms with Crippen molar-refractivity contribution in [2.75, 3.05) is 25.5 Å². The van der Waals surface area contributed by atoms with Crippen molar-refractivity contribution in [3.63, 3.8) is 0 Å². The molecular weight excluding hydrogens is 319 g/mol. The zero-order valence-electron chi connectivity index (χ0n) is 11.2. The first-order valence-electron chi connectivity index (χ1n) is 5.80. The molecule has 0 fully saturated rings. The number of likely N-dealkylation sites (N-methyl/N-ethyl adjacent to an activating group) is 1. The number of benzene rings is 1. The molecule has 1 rings (SSSR count). The van der Waals surface area contributed by atoms with Crippen LogP contribution in [0.1, 0.15) is 0 Å². The van der Waals surface area contributed by atoms with Gasteiger partial charge in [0.1, 0.15) is 0 Å². The summed E-state index contributed by atoms with van der Waals surface area (Å²) in [5, 5.41) is 5.22. The van der Waals surface area contributed by atoms with E-state index in [0.29, 0.717) is 15.7 Å². The first-order chi connectivity index (χ1) is 9.77. The summed E-state index contributed by atoms with van der Waals surface area (Å²) in [5.41, 5.74) is 5.30. The van der Waals surface area contributed by atoms with Gasteiger partial charge in [-0.25, -0.2) is 4.79 Å². The fraction of sp³-hybridized carbons (Fsp3) is 0.250. The second kappa shape index (κ2) is 7.82. The molecule has 0 radical (unpaired) electrons. The van der Waals surface area contributed by atoms with Gasteiger partial charge in [-0.1, -0.05) is 23.2 Å². The van der Waals surface area contributed by atoms with Crippen LogP contribution in [0.3, 0.4) is 0 Å². The highest BCUT2D eigenvalue weighted by atomic mass is 35.5. The Morgan fingerprint density at radius 2 is 1.76 bits per heavy atom. The van der Waals surface area contributed by atoms with E-state index in [0.717, 1.165) is 0 Å². The van der Waals surface area contributed by atoms with E-state index in [2.05, 4.69) is 5.32 Å². The lowest BCUT2D eigenvalue weighted by atomic mass is 10.3. The Labute approximate surface area is 131 Å². The third-order valence-corrected chi connectivity index (χ3v) is 3.03. The molecule has 4 amide bonds. The summed E-state index contributed by atoms with van der Waals surface area (Å²) in [5.74, 6) is -0.935. The minimum Gasteiger partial charge on any atom is -0.351 e. The quantitative estimate of drug-likeness (QED) is 0.749. The van der Waals surface area contributed by atoms with Crippen LogP contribution in [0.5, 0.6) is 0 Å². The average Bonchev–Trinajstić information content (AvgIpc) is 2.32. The lowest BCUT2D eigenvalue weighted by Crippen LogP contribution is -2.43. The van der Waals surface area contributed by atoms with E-state index in [-0.39, 0.29) is 19.0 Å². The van der Waals surface area contributed by atoms with Crippen molar-refractivity contribution >= 4 is 46.7 Å². The Kier molecular flexibility index (Phi) is 6.41. The predicted octanol–water partition coefficient (Wildman–Crippen LogP) is 1.06. The molecule has 1 aromatic carbocycles. The van der Waals surface area contributed by atoms with Gasteiger partial charge in [-0.3, -0.25) is 19.8 Å². The molecule has 4 N–H and O–H groups in total. The number of carbonyl (C=O) groups excluding carboxylic acids is 3. The Bertz CT molecular complexity index is 565. The Hall–Kier alpha value is -1.83. The predicted molar refractivity (Wildman–Crippen MR) is 80.3 cm³/mol. The smallest absolute Gasteiger partial charge is 0.318 e. The van der Waals surface area contributed by atoms with E-state index in [4.69, 9.17) is 28.9 Å². The first kappa shape index (κ1) is 17.2. The maximum absolute atomic E-state index is 11.8. The molecule has 0 saturated carbocycles. The Morgan fingerprint density at radius 3 is 2.33 bits per heavy atom. The third kappa shape index (κ3) is 6.44. The maximum Gasteiger partial charge on any atom is 0.318 e. The highest BCUT2D eigenvalue weighted by molar-refractivity contribution is 6.42. The number of nitrogens with one attached hydrogen (secondary N) is 2. The van der Waals surface area contributed by atoms with Crippen LogP contribution in [0.25, 0.3) is 0 Å². The topological polar surface area (TPSA) is 105 Å². The molecule has 0 atom stereocenters. The number of hydrogen-bond donors (Lipinski definition) is 3. The standard InChI is InChI=1S/C12H14Cl2N4O3/c1-18(6-11(20)17-12(15)21)5-10(19)16-7-2-3-8(13)9(14)4-7/h2-4H,5-6H2,1H3,(H,16,19)(H3,15,17,20,21). The zero-order chi connectivity index (χ0) is 16.0. The number of primary amides is 1. The molecule has 0 aliphatic rings. The molecular formula is C12H14Cl2N4O3. The van der Waals surface area contributed by atoms with Gasteiger partial charge >= 0.3 is 6.03 Å². The number of hydrogen-bond acceptors (Lipinski definition) is 4. The lowest BCUT2D eigenvalue weighted by Gasteiger charge is -2.15. The number of anilines is 1. The number of imide groups is 1. The van der Waals surface area contributed by atoms with Gasteiger partial charge in [0.15, 0.2) is 0 Å². The van der Waals surface area contributed by atoms with Crippen molar-refractivity contribution in [2.24, 2.45) is 5.73 Å². The highest BCUT2D eigenvalue weighted by Gasteiger charge is 2.12. The molecule has 1 aromatic rings. The van der Waals surface area contributed by atoms with Crippen molar-refractivity contribution < 1.29 is 14.4 Å². The molecule has 7 nitrogen and oxygen atoms in total. The summed E-state index contributed by atoms with van der Waals surface area (Å²) in [6.45, 7) is -0.190. The van der Waals surface area contributed by atoms with Crippen molar-refractivity contribution in [1.29, 1.82) is 0 Å². The molecule has 0 bridgehead atoms. The number of carbonyl (C=O) groups is 3. The van der Waals surface area contributed by atoms with Crippen LogP contribution in [0, 0.1) is 0 Å². The molecule has 0 spiro atoms.